The molecule has 4 fully saturated rings. The van der Waals surface area contributed by atoms with Gasteiger partial charge in [0, 0.05) is 29.1 Å². The van der Waals surface area contributed by atoms with Crippen LogP contribution in [0.25, 0.3) is 22.0 Å². The summed E-state index contributed by atoms with van der Waals surface area (Å²) in [7, 11) is -0.656. The number of aliphatic hydroxyl groups is 1. The van der Waals surface area contributed by atoms with Crippen molar-refractivity contribution in [1.29, 1.82) is 0 Å². The number of aryl methyl sites for hydroxylation is 1. The Morgan fingerprint density at radius 2 is 1.48 bits per heavy atom. The summed E-state index contributed by atoms with van der Waals surface area (Å²) < 4.78 is 13.0. The molecule has 3 aromatic carbocycles. The van der Waals surface area contributed by atoms with E-state index in [4.69, 9.17) is 15.0 Å². The second kappa shape index (κ2) is 22.0. The summed E-state index contributed by atoms with van der Waals surface area (Å²) in [5.74, 6) is -2.72. The molecule has 0 spiro atoms. The third-order valence-corrected chi connectivity index (χ3v) is 15.1. The molecule has 3 saturated carbocycles. The van der Waals surface area contributed by atoms with Gasteiger partial charge in [0.1, 0.15) is 24.2 Å². The van der Waals surface area contributed by atoms with Crippen LogP contribution in [0.2, 0.25) is 0 Å². The lowest BCUT2D eigenvalue weighted by atomic mass is 9.43. The quantitative estimate of drug-likeness (QED) is 0.0379. The van der Waals surface area contributed by atoms with E-state index < -0.39 is 78.5 Å². The number of benzene rings is 3. The summed E-state index contributed by atoms with van der Waals surface area (Å²) in [6, 6.07) is 18.2. The average Bonchev–Trinajstić information content (AvgIpc) is 3.92. The molecule has 4 aliphatic rings. The number of aromatic amines is 1. The number of fused-ring (bicyclic) bond motifs is 1. The van der Waals surface area contributed by atoms with Crippen molar-refractivity contribution < 1.29 is 38.4 Å². The smallest absolute Gasteiger partial charge is 0.404 e. The van der Waals surface area contributed by atoms with Crippen LogP contribution in [-0.4, -0.2) is 101 Å². The molecule has 8 rings (SSSR count). The van der Waals surface area contributed by atoms with Crippen molar-refractivity contribution in [3.63, 3.8) is 0 Å². The lowest BCUT2D eigenvalue weighted by Gasteiger charge is -2.64. The first kappa shape index (κ1) is 51.3. The zero-order valence-corrected chi connectivity index (χ0v) is 41.2. The van der Waals surface area contributed by atoms with Crippen LogP contribution in [0.1, 0.15) is 115 Å². The molecule has 2 heterocycles. The molecule has 16 heteroatoms. The predicted octanol–water partition coefficient (Wildman–Crippen LogP) is 5.27. The zero-order chi connectivity index (χ0) is 49.6. The van der Waals surface area contributed by atoms with Crippen molar-refractivity contribution in [2.75, 3.05) is 6.54 Å². The predicted molar refractivity (Wildman–Crippen MR) is 268 cm³/mol. The number of carbonyl (C=O) groups is 5. The number of rotatable bonds is 22. The Hall–Kier alpha value is -5.55. The lowest BCUT2D eigenvalue weighted by Crippen LogP contribution is -2.65. The number of hydrogen-bond acceptors (Lipinski definition) is 9. The van der Waals surface area contributed by atoms with Gasteiger partial charge in [-0.25, -0.2) is 0 Å². The normalized spacial score (nSPS) is 22.7. The van der Waals surface area contributed by atoms with Crippen LogP contribution in [0.5, 0.6) is 0 Å². The van der Waals surface area contributed by atoms with Gasteiger partial charge in [-0.05, 0) is 137 Å². The molecular weight excluding hydrogens is 873 g/mol. The van der Waals surface area contributed by atoms with Gasteiger partial charge in [-0.2, -0.15) is 0 Å². The van der Waals surface area contributed by atoms with E-state index in [2.05, 4.69) is 83.5 Å². The number of carbonyl (C=O) groups excluding carboxylic acids is 5. The minimum Gasteiger partial charge on any atom is -0.404 e. The molecule has 15 nitrogen and oxygen atoms in total. The van der Waals surface area contributed by atoms with Crippen LogP contribution in [-0.2, 0) is 41.3 Å². The fourth-order valence-corrected chi connectivity index (χ4v) is 10.6. The Morgan fingerprint density at radius 3 is 2.14 bits per heavy atom. The first-order chi connectivity index (χ1) is 32.9. The highest BCUT2D eigenvalue weighted by atomic mass is 16.7. The minimum absolute atomic E-state index is 0.0568. The van der Waals surface area contributed by atoms with Gasteiger partial charge in [0.2, 0.25) is 23.6 Å². The van der Waals surface area contributed by atoms with E-state index in [1.807, 2.05) is 43.3 Å². The van der Waals surface area contributed by atoms with Gasteiger partial charge in [-0.3, -0.25) is 24.0 Å². The number of para-hydroxylation sites is 1. The van der Waals surface area contributed by atoms with Crippen molar-refractivity contribution in [2.45, 2.75) is 154 Å². The topological polar surface area (TPSA) is 226 Å². The van der Waals surface area contributed by atoms with Gasteiger partial charge in [-0.1, -0.05) is 81.8 Å². The van der Waals surface area contributed by atoms with Crippen LogP contribution in [0.4, 0.5) is 0 Å². The molecule has 1 aromatic heterocycles. The van der Waals surface area contributed by atoms with Crippen molar-refractivity contribution in [1.82, 2.24) is 31.6 Å². The summed E-state index contributed by atoms with van der Waals surface area (Å²) in [5.41, 5.74) is 10.6. The highest BCUT2D eigenvalue weighted by molar-refractivity contribution is 6.47. The monoisotopic (exact) mass is 946 g/mol. The van der Waals surface area contributed by atoms with Crippen molar-refractivity contribution in [3.8, 4) is 11.1 Å². The van der Waals surface area contributed by atoms with E-state index in [0.29, 0.717) is 43.2 Å². The minimum atomic E-state index is -1.51. The number of aromatic nitrogens is 1. The number of nitrogens with two attached hydrogens (primary N) is 1. The van der Waals surface area contributed by atoms with E-state index in [-0.39, 0.29) is 17.9 Å². The standard InChI is InChI=1S/C53H72BN7O8/c1-8-9-14-34-18-20-35(21-19-34)36-22-24-37(25-23-36)48(64)60-43(27-38-30-56-41-16-11-10-15-40(38)41)50(66)61-46(32(3)62)51(67)57-31(2)47(63)59-42(17-12-13-26-55)49(65)58-33(4)54-68-45-29-39-28-44(52(39,5)6)53(45,7)69-54/h10-11,15-16,18-25,30-33,39,42-46,56,62H,8-9,12-14,17,26-29,55H2,1-7H3,(H,57,67)(H,58,65)(H,59,63)(H,60,64)(H,61,66)/t31-,32?,33-,39-,42-,43-,44-,45?,46-,53-/m0/s1. The Morgan fingerprint density at radius 1 is 0.797 bits per heavy atom. The molecule has 5 amide bonds. The van der Waals surface area contributed by atoms with E-state index >= 15 is 0 Å². The van der Waals surface area contributed by atoms with Crippen LogP contribution >= 0.6 is 0 Å². The molecule has 3 aliphatic carbocycles. The Bertz CT molecular complexity index is 2440. The molecular formula is C53H72BN7O8. The van der Waals surface area contributed by atoms with Gasteiger partial charge >= 0.3 is 7.12 Å². The maximum atomic E-state index is 14.2. The SMILES string of the molecule is CCCCc1ccc(-c2ccc(C(=O)N[C@@H](Cc3c[nH]c4ccccc34)C(=O)N[C@H](C(=O)N[C@@H](C)C(=O)N[C@@H](CCCCN)C(=O)N[C@@H](C)B3OC4C[C@@H]5C[C@@H](C5(C)C)[C@]4(C)O3)C(C)O)cc2)cc1. The van der Waals surface area contributed by atoms with Crippen molar-refractivity contribution in [2.24, 2.45) is 23.0 Å². The molecule has 2 unspecified atom stereocenters. The fourth-order valence-electron chi connectivity index (χ4n) is 10.6. The molecule has 1 aliphatic heterocycles. The largest absolute Gasteiger partial charge is 0.481 e. The number of nitrogens with one attached hydrogen (secondary N) is 6. The molecule has 2 bridgehead atoms. The number of amides is 5. The maximum absolute atomic E-state index is 14.2. The summed E-state index contributed by atoms with van der Waals surface area (Å²) in [4.78, 5) is 72.7. The first-order valence-corrected chi connectivity index (χ1v) is 24.9. The summed E-state index contributed by atoms with van der Waals surface area (Å²) in [5, 5.41) is 25.7. The molecule has 69 heavy (non-hydrogen) atoms. The fraction of sp³-hybridized carbons (Fsp3) is 0.528. The third kappa shape index (κ3) is 11.6. The molecule has 370 valence electrons. The van der Waals surface area contributed by atoms with Crippen LogP contribution in [0.3, 0.4) is 0 Å². The second-order valence-electron chi connectivity index (χ2n) is 20.4. The van der Waals surface area contributed by atoms with E-state index in [0.717, 1.165) is 59.7 Å². The van der Waals surface area contributed by atoms with Gasteiger partial charge in [-0.15, -0.1) is 0 Å². The Labute approximate surface area is 406 Å². The number of aliphatic hydroxyl groups excluding tert-OH is 1. The maximum Gasteiger partial charge on any atom is 0.481 e. The summed E-state index contributed by atoms with van der Waals surface area (Å²) >= 11 is 0. The summed E-state index contributed by atoms with van der Waals surface area (Å²) in [6.45, 7) is 13.9. The van der Waals surface area contributed by atoms with Gasteiger partial charge < -0.3 is 51.7 Å². The Balaban J connectivity index is 0.988. The molecule has 0 radical (unpaired) electrons. The van der Waals surface area contributed by atoms with E-state index in [1.54, 1.807) is 18.3 Å². The van der Waals surface area contributed by atoms with Crippen LogP contribution < -0.4 is 32.3 Å². The molecule has 1 saturated heterocycles. The van der Waals surface area contributed by atoms with Gasteiger partial charge in [0.25, 0.3) is 5.91 Å². The van der Waals surface area contributed by atoms with E-state index in [1.165, 1.54) is 19.4 Å². The van der Waals surface area contributed by atoms with Crippen LogP contribution in [0, 0.1) is 17.3 Å². The molecule has 4 aromatic rings. The zero-order valence-electron chi connectivity index (χ0n) is 41.2. The number of hydrogen-bond donors (Lipinski definition) is 8. The highest BCUT2D eigenvalue weighted by Crippen LogP contribution is 2.65. The van der Waals surface area contributed by atoms with Gasteiger partial charge in [0.05, 0.1) is 23.8 Å². The number of H-pyrrole nitrogens is 1. The first-order valence-electron chi connectivity index (χ1n) is 24.9. The highest BCUT2D eigenvalue weighted by Gasteiger charge is 2.68. The van der Waals surface area contributed by atoms with Crippen molar-refractivity contribution in [3.05, 3.63) is 95.7 Å². The summed E-state index contributed by atoms with van der Waals surface area (Å²) in [6.07, 6.45) is 7.13. The second-order valence-corrected chi connectivity index (χ2v) is 20.4. The Kier molecular flexibility index (Phi) is 16.4. The van der Waals surface area contributed by atoms with Crippen LogP contribution in [0.15, 0.2) is 79.0 Å². The third-order valence-electron chi connectivity index (χ3n) is 15.1. The number of unbranched alkanes of at least 4 members (excludes halogenated alkanes) is 2. The average molecular weight is 946 g/mol. The van der Waals surface area contributed by atoms with Crippen molar-refractivity contribution >= 4 is 47.6 Å². The molecule has 10 atom stereocenters. The van der Waals surface area contributed by atoms with Gasteiger partial charge in [0.15, 0.2) is 0 Å². The van der Waals surface area contributed by atoms with E-state index in [9.17, 15) is 29.1 Å². The molecule has 9 N–H and O–H groups in total. The lowest BCUT2D eigenvalue weighted by molar-refractivity contribution is -0.199.